The van der Waals surface area contributed by atoms with Gasteiger partial charge >= 0.3 is 6.18 Å². The number of alkyl halides is 3. The van der Waals surface area contributed by atoms with Crippen LogP contribution in [-0.4, -0.2) is 205 Å². The molecule has 21 nitrogen and oxygen atoms in total. The quantitative estimate of drug-likeness (QED) is 0.0216. The van der Waals surface area contributed by atoms with Crippen molar-refractivity contribution in [2.24, 2.45) is 0 Å². The number of nitrogens with one attached hydrogen (secondary N) is 4. The number of para-hydroxylation sites is 1. The standard InChI is InChI=1S/C116H211F3N4O17S2/c1-5-8-11-14-17-20-23-26-28-30-32-34-36-38-40-42-44-46-50-55-60-65-70-77-88-120-97(90-135-112-110(132)108(130)106(128)101(139-112)91-136-114(141)122-93-84-86-94(134-4)87-85-93)104(126)98(124)81-72-67-62-57-53-48-49-54-59-64-69-74-83-100(138-113-111(133)109(131)107(129)102(140-113)92-137-115(142)123-96-80-76-75-79-95(96)116(117,118)119)103(105(127)99(125)82-73-68-63-58-52-25-22-19-16-13-10-7-3)121-89-78-71-66-61-56-51-47-45-43-41-39-37-35-33-31-29-27-24-21-18-15-12-9-6-2/h75-76,79-80,84-87,97-113,120-121,124-133H,5-74,77-78,81-83,88-92H2,1-4H3,(H,122,141)(H,123,142)/t97?,98?,99-,100?,101-,102-,103-,104?,105-,106+,107+,108+,109+,110-,111-,112+,113+/m1/s1. The van der Waals surface area contributed by atoms with Crippen molar-refractivity contribution < 1.29 is 97.4 Å². The van der Waals surface area contributed by atoms with Gasteiger partial charge in [-0.15, -0.1) is 0 Å². The van der Waals surface area contributed by atoms with Crippen LogP contribution in [-0.2, 0) is 34.6 Å². The number of aliphatic hydroxyl groups is 10. The van der Waals surface area contributed by atoms with Gasteiger partial charge in [0.1, 0.15) is 67.8 Å². The Hall–Kier alpha value is -3.23. The van der Waals surface area contributed by atoms with E-state index in [0.29, 0.717) is 56.6 Å². The predicted octanol–water partition coefficient (Wildman–Crippen LogP) is 27.5. The van der Waals surface area contributed by atoms with Gasteiger partial charge in [0.05, 0.1) is 67.6 Å². The Bertz CT molecular complexity index is 3190. The minimum Gasteiger partial charge on any atom is -0.497 e. The number of methoxy groups -OCH3 is 1. The van der Waals surface area contributed by atoms with E-state index >= 15 is 0 Å². The average Bonchev–Trinajstić information content (AvgIpc) is 0.827. The summed E-state index contributed by atoms with van der Waals surface area (Å²) >= 11 is 10.7. The molecular formula is C116H211F3N4O17S2. The molecule has 2 aliphatic rings. The summed E-state index contributed by atoms with van der Waals surface area (Å²) in [5.41, 5.74) is -0.654. The van der Waals surface area contributed by atoms with Crippen LogP contribution in [0.1, 0.15) is 508 Å². The van der Waals surface area contributed by atoms with Crippen molar-refractivity contribution >= 4 is 46.2 Å². The number of thiocarbonyl (C=S) groups is 2. The van der Waals surface area contributed by atoms with Crippen LogP contribution < -0.4 is 26.0 Å². The first-order chi connectivity index (χ1) is 69.1. The van der Waals surface area contributed by atoms with E-state index in [1.165, 1.54) is 333 Å². The third-order valence-corrected chi connectivity index (χ3v) is 30.0. The van der Waals surface area contributed by atoms with E-state index in [1.54, 1.807) is 31.4 Å². The van der Waals surface area contributed by atoms with Gasteiger partial charge in [-0.3, -0.25) is 0 Å². The number of rotatable bonds is 97. The molecule has 4 rings (SSSR count). The predicted molar refractivity (Wildman–Crippen MR) is 584 cm³/mol. The molecule has 0 bridgehead atoms. The molecule has 830 valence electrons. The zero-order valence-corrected chi connectivity index (χ0v) is 91.4. The van der Waals surface area contributed by atoms with Gasteiger partial charge in [0.2, 0.25) is 0 Å². The van der Waals surface area contributed by atoms with Crippen molar-refractivity contribution in [1.29, 1.82) is 0 Å². The number of ether oxygens (including phenoxy) is 7. The molecule has 2 aliphatic heterocycles. The fraction of sp³-hybridized carbons (Fsp3) is 0.879. The minimum atomic E-state index is -4.69. The summed E-state index contributed by atoms with van der Waals surface area (Å²) in [6.07, 6.45) is 63.0. The number of anilines is 2. The molecule has 2 aromatic carbocycles. The summed E-state index contributed by atoms with van der Waals surface area (Å²) in [5.74, 6) is 0.666. The van der Waals surface area contributed by atoms with Gasteiger partial charge < -0.3 is 105 Å². The van der Waals surface area contributed by atoms with Gasteiger partial charge in [-0.1, -0.05) is 482 Å². The first-order valence-corrected chi connectivity index (χ1v) is 59.5. The molecule has 0 saturated carbocycles. The Morgan fingerprint density at radius 1 is 0.345 bits per heavy atom. The van der Waals surface area contributed by atoms with E-state index in [1.807, 2.05) is 0 Å². The third-order valence-electron chi connectivity index (χ3n) is 29.6. The van der Waals surface area contributed by atoms with Gasteiger partial charge in [-0.2, -0.15) is 13.2 Å². The Morgan fingerprint density at radius 2 is 0.641 bits per heavy atom. The zero-order valence-electron chi connectivity index (χ0n) is 89.8. The molecule has 26 heteroatoms. The third kappa shape index (κ3) is 64.5. The fourth-order valence-corrected chi connectivity index (χ4v) is 20.5. The molecule has 2 aromatic rings. The van der Waals surface area contributed by atoms with Gasteiger partial charge in [-0.25, -0.2) is 0 Å². The van der Waals surface area contributed by atoms with Gasteiger partial charge in [-0.05, 0) is 106 Å². The molecule has 142 heavy (non-hydrogen) atoms. The lowest BCUT2D eigenvalue weighted by Gasteiger charge is -2.43. The van der Waals surface area contributed by atoms with E-state index in [-0.39, 0.29) is 24.1 Å². The van der Waals surface area contributed by atoms with Crippen LogP contribution in [0.2, 0.25) is 0 Å². The van der Waals surface area contributed by atoms with Crippen molar-refractivity contribution in [3.8, 4) is 5.75 Å². The van der Waals surface area contributed by atoms with Crippen LogP contribution in [0.5, 0.6) is 5.75 Å². The highest BCUT2D eigenvalue weighted by molar-refractivity contribution is 7.80. The maximum absolute atomic E-state index is 14.0. The molecule has 0 amide bonds. The summed E-state index contributed by atoms with van der Waals surface area (Å²) in [5, 5.41) is 127. The molecule has 2 heterocycles. The van der Waals surface area contributed by atoms with E-state index in [9.17, 15) is 64.2 Å². The zero-order chi connectivity index (χ0) is 103. The smallest absolute Gasteiger partial charge is 0.418 e. The highest BCUT2D eigenvalue weighted by atomic mass is 32.1. The molecule has 2 saturated heterocycles. The summed E-state index contributed by atoms with van der Waals surface area (Å²) in [4.78, 5) is 0. The lowest BCUT2D eigenvalue weighted by Crippen LogP contribution is -2.62. The monoisotopic (exact) mass is 2050 g/mol. The minimum absolute atomic E-state index is 0.00212. The number of halogens is 3. The maximum Gasteiger partial charge on any atom is 0.418 e. The first-order valence-electron chi connectivity index (χ1n) is 58.7. The number of unbranched alkanes of at least 4 members (excludes halogenated alkanes) is 68. The first kappa shape index (κ1) is 131. The van der Waals surface area contributed by atoms with Crippen LogP contribution in [0.15, 0.2) is 48.5 Å². The molecule has 0 aliphatic carbocycles. The van der Waals surface area contributed by atoms with Crippen LogP contribution in [0, 0.1) is 0 Å². The van der Waals surface area contributed by atoms with Crippen molar-refractivity contribution in [3.63, 3.8) is 0 Å². The van der Waals surface area contributed by atoms with Crippen molar-refractivity contribution in [2.45, 2.75) is 613 Å². The van der Waals surface area contributed by atoms with Crippen LogP contribution >= 0.6 is 24.4 Å². The number of hydrogen-bond donors (Lipinski definition) is 14. The second-order valence-electron chi connectivity index (χ2n) is 42.2. The van der Waals surface area contributed by atoms with E-state index < -0.39 is 128 Å². The van der Waals surface area contributed by atoms with E-state index in [4.69, 9.17) is 57.6 Å². The molecule has 17 atom stereocenters. The summed E-state index contributed by atoms with van der Waals surface area (Å²) in [6, 6.07) is 10.3. The maximum atomic E-state index is 14.0. The lowest BCUT2D eigenvalue weighted by atomic mass is 9.92. The Morgan fingerprint density at radius 3 is 0.986 bits per heavy atom. The molecule has 14 N–H and O–H groups in total. The molecular weight excluding hydrogens is 1840 g/mol. The van der Waals surface area contributed by atoms with Gasteiger partial charge in [0.25, 0.3) is 10.3 Å². The average molecular weight is 2060 g/mol. The summed E-state index contributed by atoms with van der Waals surface area (Å²) in [6.45, 7) is 6.93. The van der Waals surface area contributed by atoms with Crippen LogP contribution in [0.4, 0.5) is 24.5 Å². The molecule has 0 radical (unpaired) electrons. The highest BCUT2D eigenvalue weighted by Crippen LogP contribution is 2.36. The van der Waals surface area contributed by atoms with Gasteiger partial charge in [0, 0.05) is 5.69 Å². The Kier molecular flexibility index (Phi) is 81.6. The summed E-state index contributed by atoms with van der Waals surface area (Å²) < 4.78 is 83.8. The molecule has 0 aromatic heterocycles. The molecule has 2 fully saturated rings. The SMILES string of the molecule is CCCCCCCCCCCCCCCCCCCCCCCCCCNC(CO[C@H]1O[C@H](COC(=S)Nc2ccc(OC)cc2)[C@H](O)[C@H](O)[C@H]1O)C(O)C(O)CCCCCCCCCCCCCCC(O[C@H]1O[C@H](COC(=S)Nc2ccccc2C(F)(F)F)[C@H](O)[C@H](O)[C@H]1O)[C@@H](NCCCCCCCCCCCCCCCCCCCCCCCCCC)[C@H](O)[C@H](O)CCCCCCCCCCCCCC. The Labute approximate surface area is 872 Å². The lowest BCUT2D eigenvalue weighted by molar-refractivity contribution is -0.314. The number of benzene rings is 2. The van der Waals surface area contributed by atoms with Crippen molar-refractivity contribution in [2.75, 3.05) is 50.7 Å². The highest BCUT2D eigenvalue weighted by Gasteiger charge is 2.48. The largest absolute Gasteiger partial charge is 0.497 e. The summed E-state index contributed by atoms with van der Waals surface area (Å²) in [7, 11) is 1.57. The topological polar surface area (TPSA) is 315 Å². The normalized spacial score (nSPS) is 19.9. The van der Waals surface area contributed by atoms with Gasteiger partial charge in [0.15, 0.2) is 12.6 Å². The van der Waals surface area contributed by atoms with Crippen LogP contribution in [0.25, 0.3) is 0 Å². The molecule has 4 unspecified atom stereocenters. The fourth-order valence-electron chi connectivity index (χ4n) is 20.2. The number of aliphatic hydroxyl groups excluding tert-OH is 10. The Balaban J connectivity index is 1.30. The van der Waals surface area contributed by atoms with E-state index in [0.717, 1.165) is 141 Å². The second kappa shape index (κ2) is 88.4. The van der Waals surface area contributed by atoms with E-state index in [2.05, 4.69) is 42.0 Å². The second-order valence-corrected chi connectivity index (χ2v) is 42.9. The van der Waals surface area contributed by atoms with Crippen molar-refractivity contribution in [3.05, 3.63) is 54.1 Å². The van der Waals surface area contributed by atoms with Crippen LogP contribution in [0.3, 0.4) is 0 Å². The van der Waals surface area contributed by atoms with Crippen molar-refractivity contribution in [1.82, 2.24) is 10.6 Å². The molecule has 0 spiro atoms. The number of hydrogen-bond acceptors (Lipinski definition) is 21.